The Kier molecular flexibility index (Phi) is 5.06. The molecule has 0 unspecified atom stereocenters. The number of amides is 1. The molecule has 0 aliphatic carbocycles. The van der Waals surface area contributed by atoms with E-state index in [2.05, 4.69) is 40.5 Å². The number of nitrogens with zero attached hydrogens (tertiary/aromatic N) is 1. The number of anilines is 2. The summed E-state index contributed by atoms with van der Waals surface area (Å²) in [5.74, 6) is 0.525. The molecule has 0 saturated heterocycles. The summed E-state index contributed by atoms with van der Waals surface area (Å²) in [7, 11) is 0. The number of hydrogen-bond donors (Lipinski definition) is 1. The topological polar surface area (TPSA) is 41.6 Å². The van der Waals surface area contributed by atoms with E-state index in [-0.39, 0.29) is 12.5 Å². The standard InChI is InChI=1S/C23H22N2O2/c26-23(17-27-20-10-2-1-3-11-20)24-21-12-6-7-13-22(21)25-15-14-18-8-4-5-9-19(18)16-25/h1-13H,14-17H2,(H,24,26). The van der Waals surface area contributed by atoms with Gasteiger partial charge >= 0.3 is 0 Å². The first-order valence-corrected chi connectivity index (χ1v) is 9.18. The maximum atomic E-state index is 12.4. The van der Waals surface area contributed by atoms with E-state index in [1.807, 2.05) is 48.5 Å². The first-order chi connectivity index (χ1) is 13.3. The predicted molar refractivity (Wildman–Crippen MR) is 108 cm³/mol. The van der Waals surface area contributed by atoms with Crippen molar-refractivity contribution in [2.75, 3.05) is 23.4 Å². The number of hydrogen-bond acceptors (Lipinski definition) is 3. The number of carbonyl (C=O) groups excluding carboxylic acids is 1. The van der Waals surface area contributed by atoms with Gasteiger partial charge in [0.1, 0.15) is 5.75 Å². The van der Waals surface area contributed by atoms with Crippen molar-refractivity contribution in [2.45, 2.75) is 13.0 Å². The third kappa shape index (κ3) is 4.11. The number of nitrogens with one attached hydrogen (secondary N) is 1. The molecule has 0 aromatic heterocycles. The summed E-state index contributed by atoms with van der Waals surface area (Å²) in [6.45, 7) is 1.77. The smallest absolute Gasteiger partial charge is 0.262 e. The second kappa shape index (κ2) is 7.96. The van der Waals surface area contributed by atoms with Gasteiger partial charge in [-0.15, -0.1) is 0 Å². The van der Waals surface area contributed by atoms with E-state index in [0.717, 1.165) is 30.9 Å². The molecule has 1 aliphatic rings. The zero-order valence-corrected chi connectivity index (χ0v) is 15.1. The molecule has 1 aliphatic heterocycles. The minimum Gasteiger partial charge on any atom is -0.484 e. The average Bonchev–Trinajstić information content (AvgIpc) is 2.73. The van der Waals surface area contributed by atoms with Crippen LogP contribution in [-0.2, 0) is 17.8 Å². The van der Waals surface area contributed by atoms with Crippen molar-refractivity contribution in [1.29, 1.82) is 0 Å². The van der Waals surface area contributed by atoms with Crippen LogP contribution in [0.5, 0.6) is 5.75 Å². The summed E-state index contributed by atoms with van der Waals surface area (Å²) in [6, 6.07) is 25.9. The highest BCUT2D eigenvalue weighted by atomic mass is 16.5. The summed E-state index contributed by atoms with van der Waals surface area (Å²) in [5, 5.41) is 3.00. The third-order valence-corrected chi connectivity index (χ3v) is 4.76. The summed E-state index contributed by atoms with van der Waals surface area (Å²) in [6.07, 6.45) is 1.01. The van der Waals surface area contributed by atoms with Crippen LogP contribution in [0.15, 0.2) is 78.9 Å². The first-order valence-electron chi connectivity index (χ1n) is 9.18. The zero-order valence-electron chi connectivity index (χ0n) is 15.1. The van der Waals surface area contributed by atoms with Gasteiger partial charge in [-0.25, -0.2) is 0 Å². The van der Waals surface area contributed by atoms with E-state index in [9.17, 15) is 4.79 Å². The van der Waals surface area contributed by atoms with Gasteiger partial charge < -0.3 is 15.0 Å². The molecule has 0 atom stereocenters. The lowest BCUT2D eigenvalue weighted by atomic mass is 9.99. The van der Waals surface area contributed by atoms with Crippen molar-refractivity contribution >= 4 is 17.3 Å². The van der Waals surface area contributed by atoms with Crippen molar-refractivity contribution in [3.63, 3.8) is 0 Å². The molecular formula is C23H22N2O2. The van der Waals surface area contributed by atoms with Crippen molar-refractivity contribution < 1.29 is 9.53 Å². The predicted octanol–water partition coefficient (Wildman–Crippen LogP) is 4.27. The van der Waals surface area contributed by atoms with Gasteiger partial charge in [0.25, 0.3) is 5.91 Å². The Hall–Kier alpha value is -3.27. The summed E-state index contributed by atoms with van der Waals surface area (Å²) >= 11 is 0. The Morgan fingerprint density at radius 1 is 0.889 bits per heavy atom. The van der Waals surface area contributed by atoms with Crippen LogP contribution in [-0.4, -0.2) is 19.1 Å². The van der Waals surface area contributed by atoms with Gasteiger partial charge in [0, 0.05) is 13.1 Å². The van der Waals surface area contributed by atoms with E-state index in [1.165, 1.54) is 11.1 Å². The maximum absolute atomic E-state index is 12.4. The van der Waals surface area contributed by atoms with E-state index < -0.39 is 0 Å². The highest BCUT2D eigenvalue weighted by Gasteiger charge is 2.19. The number of para-hydroxylation sites is 3. The second-order valence-electron chi connectivity index (χ2n) is 6.61. The molecule has 3 aromatic rings. The van der Waals surface area contributed by atoms with E-state index in [4.69, 9.17) is 4.74 Å². The molecular weight excluding hydrogens is 336 g/mol. The lowest BCUT2D eigenvalue weighted by molar-refractivity contribution is -0.118. The van der Waals surface area contributed by atoms with Crippen LogP contribution in [0.25, 0.3) is 0 Å². The third-order valence-electron chi connectivity index (χ3n) is 4.76. The lowest BCUT2D eigenvalue weighted by Gasteiger charge is -2.32. The van der Waals surface area contributed by atoms with Crippen LogP contribution < -0.4 is 15.0 Å². The molecule has 3 aromatic carbocycles. The molecule has 1 amide bonds. The van der Waals surface area contributed by atoms with Crippen molar-refractivity contribution in [3.8, 4) is 5.75 Å². The van der Waals surface area contributed by atoms with Crippen molar-refractivity contribution in [1.82, 2.24) is 0 Å². The Labute approximate surface area is 159 Å². The second-order valence-corrected chi connectivity index (χ2v) is 6.61. The molecule has 27 heavy (non-hydrogen) atoms. The van der Waals surface area contributed by atoms with Crippen LogP contribution in [0.4, 0.5) is 11.4 Å². The highest BCUT2D eigenvalue weighted by molar-refractivity contribution is 5.95. The molecule has 136 valence electrons. The summed E-state index contributed by atoms with van der Waals surface area (Å²) < 4.78 is 5.55. The van der Waals surface area contributed by atoms with Gasteiger partial charge in [-0.2, -0.15) is 0 Å². The Bertz CT molecular complexity index is 924. The SMILES string of the molecule is O=C(COc1ccccc1)Nc1ccccc1N1CCc2ccccc2C1. The number of fused-ring (bicyclic) bond motifs is 1. The molecule has 1 N–H and O–H groups in total. The Balaban J connectivity index is 1.45. The van der Waals surface area contributed by atoms with E-state index in [0.29, 0.717) is 5.75 Å². The minimum atomic E-state index is -0.163. The highest BCUT2D eigenvalue weighted by Crippen LogP contribution is 2.30. The van der Waals surface area contributed by atoms with E-state index in [1.54, 1.807) is 0 Å². The van der Waals surface area contributed by atoms with Crippen molar-refractivity contribution in [3.05, 3.63) is 90.0 Å². The van der Waals surface area contributed by atoms with Gasteiger partial charge in [0.2, 0.25) is 0 Å². The van der Waals surface area contributed by atoms with Gasteiger partial charge in [0.15, 0.2) is 6.61 Å². The lowest BCUT2D eigenvalue weighted by Crippen LogP contribution is -2.31. The van der Waals surface area contributed by atoms with Gasteiger partial charge in [-0.1, -0.05) is 54.6 Å². The molecule has 0 spiro atoms. The fraction of sp³-hybridized carbons (Fsp3) is 0.174. The monoisotopic (exact) mass is 358 g/mol. The zero-order chi connectivity index (χ0) is 18.5. The summed E-state index contributed by atoms with van der Waals surface area (Å²) in [4.78, 5) is 14.7. The molecule has 4 heteroatoms. The minimum absolute atomic E-state index is 0.0127. The maximum Gasteiger partial charge on any atom is 0.262 e. The van der Waals surface area contributed by atoms with Crippen LogP contribution in [0.3, 0.4) is 0 Å². The van der Waals surface area contributed by atoms with Gasteiger partial charge in [0.05, 0.1) is 11.4 Å². The molecule has 0 radical (unpaired) electrons. The molecule has 0 bridgehead atoms. The number of ether oxygens (including phenoxy) is 1. The largest absolute Gasteiger partial charge is 0.484 e. The Morgan fingerprint density at radius 3 is 2.44 bits per heavy atom. The summed E-state index contributed by atoms with van der Waals surface area (Å²) in [5.41, 5.74) is 4.61. The fourth-order valence-electron chi connectivity index (χ4n) is 3.41. The van der Waals surface area contributed by atoms with E-state index >= 15 is 0 Å². The number of rotatable bonds is 5. The fourth-order valence-corrected chi connectivity index (χ4v) is 3.41. The molecule has 0 saturated carbocycles. The first kappa shape index (κ1) is 17.2. The Morgan fingerprint density at radius 2 is 1.59 bits per heavy atom. The number of benzene rings is 3. The molecule has 4 rings (SSSR count). The van der Waals surface area contributed by atoms with Crippen LogP contribution in [0.1, 0.15) is 11.1 Å². The molecule has 0 fully saturated rings. The van der Waals surface area contributed by atoms with Gasteiger partial charge in [-0.05, 0) is 41.8 Å². The quantitative estimate of drug-likeness (QED) is 0.741. The average molecular weight is 358 g/mol. The van der Waals surface area contributed by atoms with Crippen molar-refractivity contribution in [2.24, 2.45) is 0 Å². The normalized spacial score (nSPS) is 13.0. The van der Waals surface area contributed by atoms with Crippen LogP contribution in [0.2, 0.25) is 0 Å². The molecule has 4 nitrogen and oxygen atoms in total. The van der Waals surface area contributed by atoms with Gasteiger partial charge in [-0.3, -0.25) is 4.79 Å². The molecule has 1 heterocycles. The van der Waals surface area contributed by atoms with Crippen LogP contribution >= 0.6 is 0 Å². The van der Waals surface area contributed by atoms with Crippen LogP contribution in [0, 0.1) is 0 Å². The number of carbonyl (C=O) groups is 1.